The second-order valence-electron chi connectivity index (χ2n) is 7.58. The maximum Gasteiger partial charge on any atom is 0.339 e. The number of ether oxygens (including phenoxy) is 1. The number of hydrogen-bond donors (Lipinski definition) is 1. The first-order valence-electron chi connectivity index (χ1n) is 10.8. The van der Waals surface area contributed by atoms with E-state index in [0.717, 1.165) is 0 Å². The van der Waals surface area contributed by atoms with Gasteiger partial charge in [0.05, 0.1) is 10.5 Å². The number of sulfonamides is 1. The lowest BCUT2D eigenvalue weighted by Crippen LogP contribution is -2.31. The molecule has 1 N–H and O–H groups in total. The van der Waals surface area contributed by atoms with E-state index in [9.17, 15) is 18.0 Å². The van der Waals surface area contributed by atoms with Crippen LogP contribution in [0.3, 0.4) is 0 Å². The Kier molecular flexibility index (Phi) is 7.85. The predicted octanol–water partition coefficient (Wildman–Crippen LogP) is 3.86. The van der Waals surface area contributed by atoms with Crippen LogP contribution in [0.2, 0.25) is 0 Å². The van der Waals surface area contributed by atoms with Crippen LogP contribution in [0, 0.1) is 13.8 Å². The second-order valence-corrected chi connectivity index (χ2v) is 9.48. The monoisotopic (exact) mass is 485 g/mol. The predicted molar refractivity (Wildman–Crippen MR) is 126 cm³/mol. The number of esters is 1. The van der Waals surface area contributed by atoms with Crippen molar-refractivity contribution in [2.75, 3.05) is 18.4 Å². The molecule has 0 bridgehead atoms. The molecule has 0 saturated carbocycles. The molecule has 34 heavy (non-hydrogen) atoms. The molecule has 1 heterocycles. The van der Waals surface area contributed by atoms with Gasteiger partial charge in [0.1, 0.15) is 5.76 Å². The highest BCUT2D eigenvalue weighted by molar-refractivity contribution is 7.89. The third kappa shape index (κ3) is 5.52. The molecule has 0 saturated heterocycles. The average Bonchev–Trinajstić information content (AvgIpc) is 3.22. The summed E-state index contributed by atoms with van der Waals surface area (Å²) in [6.45, 7) is 7.42. The molecule has 1 aromatic heterocycles. The zero-order valence-electron chi connectivity index (χ0n) is 19.4. The topological polar surface area (TPSA) is 119 Å². The van der Waals surface area contributed by atoms with Crippen LogP contribution in [-0.4, -0.2) is 42.8 Å². The molecule has 0 aliphatic heterocycles. The number of aromatic nitrogens is 1. The summed E-state index contributed by atoms with van der Waals surface area (Å²) in [7, 11) is -3.80. The van der Waals surface area contributed by atoms with Gasteiger partial charge in [0.15, 0.2) is 5.82 Å². The molecule has 3 aromatic rings. The summed E-state index contributed by atoms with van der Waals surface area (Å²) >= 11 is 0. The van der Waals surface area contributed by atoms with Crippen molar-refractivity contribution < 1.29 is 27.3 Å². The maximum atomic E-state index is 13.0. The van der Waals surface area contributed by atoms with Crippen LogP contribution in [0.15, 0.2) is 64.0 Å². The SMILES string of the molecule is CCN(CC)S(=O)(=O)c1cc(C(=O)OC(C(=O)Nc2cc(C)on2)c2ccccc2)ccc1C. The summed E-state index contributed by atoms with van der Waals surface area (Å²) < 4.78 is 37.9. The van der Waals surface area contributed by atoms with E-state index in [2.05, 4.69) is 10.5 Å². The molecule has 1 unspecified atom stereocenters. The summed E-state index contributed by atoms with van der Waals surface area (Å²) in [5, 5.41) is 6.30. The van der Waals surface area contributed by atoms with E-state index >= 15 is 0 Å². The van der Waals surface area contributed by atoms with Gasteiger partial charge < -0.3 is 14.6 Å². The molecule has 10 heteroatoms. The van der Waals surface area contributed by atoms with Crippen LogP contribution >= 0.6 is 0 Å². The largest absolute Gasteiger partial charge is 0.444 e. The fraction of sp³-hybridized carbons (Fsp3) is 0.292. The van der Waals surface area contributed by atoms with E-state index < -0.39 is 28.0 Å². The average molecular weight is 486 g/mol. The van der Waals surface area contributed by atoms with E-state index in [0.29, 0.717) is 30.0 Å². The quantitative estimate of drug-likeness (QED) is 0.457. The number of rotatable bonds is 9. The van der Waals surface area contributed by atoms with Crippen LogP contribution in [0.1, 0.15) is 47.2 Å². The lowest BCUT2D eigenvalue weighted by Gasteiger charge is -2.21. The number of benzene rings is 2. The Labute approximate surface area is 198 Å². The molecule has 180 valence electrons. The van der Waals surface area contributed by atoms with E-state index in [1.807, 2.05) is 0 Å². The minimum absolute atomic E-state index is 0.0161. The lowest BCUT2D eigenvalue weighted by atomic mass is 10.1. The van der Waals surface area contributed by atoms with Crippen molar-refractivity contribution in [1.82, 2.24) is 9.46 Å². The molecule has 3 rings (SSSR count). The summed E-state index contributed by atoms with van der Waals surface area (Å²) in [5.41, 5.74) is 0.959. The molecule has 2 aromatic carbocycles. The normalized spacial score (nSPS) is 12.4. The van der Waals surface area contributed by atoms with Gasteiger partial charge in [0.25, 0.3) is 5.91 Å². The number of hydrogen-bond acceptors (Lipinski definition) is 7. The van der Waals surface area contributed by atoms with Crippen molar-refractivity contribution in [3.63, 3.8) is 0 Å². The third-order valence-corrected chi connectivity index (χ3v) is 7.38. The first-order chi connectivity index (χ1) is 16.2. The van der Waals surface area contributed by atoms with Crippen LogP contribution in [0.25, 0.3) is 0 Å². The van der Waals surface area contributed by atoms with Crippen molar-refractivity contribution in [2.24, 2.45) is 0 Å². The minimum atomic E-state index is -3.80. The molecule has 0 fully saturated rings. The van der Waals surface area contributed by atoms with E-state index in [4.69, 9.17) is 9.26 Å². The molecule has 9 nitrogen and oxygen atoms in total. The smallest absolute Gasteiger partial charge is 0.339 e. The molecule has 0 radical (unpaired) electrons. The van der Waals surface area contributed by atoms with Crippen molar-refractivity contribution in [3.05, 3.63) is 77.0 Å². The Morgan fingerprint density at radius 1 is 1.06 bits per heavy atom. The molecular formula is C24H27N3O6S. The van der Waals surface area contributed by atoms with Crippen LogP contribution in [0.5, 0.6) is 0 Å². The van der Waals surface area contributed by atoms with Gasteiger partial charge in [0, 0.05) is 24.7 Å². The molecule has 0 aliphatic carbocycles. The first-order valence-corrected chi connectivity index (χ1v) is 12.2. The third-order valence-electron chi connectivity index (χ3n) is 5.19. The van der Waals surface area contributed by atoms with Gasteiger partial charge in [-0.05, 0) is 31.5 Å². The summed E-state index contributed by atoms with van der Waals surface area (Å²) in [6, 6.07) is 14.3. The van der Waals surface area contributed by atoms with Crippen molar-refractivity contribution >= 4 is 27.7 Å². The number of carbonyl (C=O) groups excluding carboxylic acids is 2. The molecular weight excluding hydrogens is 458 g/mol. The Balaban J connectivity index is 1.92. The molecule has 0 spiro atoms. The Morgan fingerprint density at radius 3 is 2.32 bits per heavy atom. The van der Waals surface area contributed by atoms with E-state index in [-0.39, 0.29) is 16.3 Å². The number of carbonyl (C=O) groups is 2. The van der Waals surface area contributed by atoms with Crippen LogP contribution < -0.4 is 5.32 Å². The van der Waals surface area contributed by atoms with Gasteiger partial charge in [-0.1, -0.05) is 55.4 Å². The zero-order chi connectivity index (χ0) is 24.9. The number of nitrogens with one attached hydrogen (secondary N) is 1. The van der Waals surface area contributed by atoms with Crippen molar-refractivity contribution in [1.29, 1.82) is 0 Å². The van der Waals surface area contributed by atoms with Gasteiger partial charge in [-0.25, -0.2) is 13.2 Å². The van der Waals surface area contributed by atoms with Crippen molar-refractivity contribution in [3.8, 4) is 0 Å². The highest BCUT2D eigenvalue weighted by Crippen LogP contribution is 2.25. The van der Waals surface area contributed by atoms with Gasteiger partial charge in [-0.2, -0.15) is 4.31 Å². The molecule has 0 aliphatic rings. The Bertz CT molecular complexity index is 1270. The first kappa shape index (κ1) is 25.1. The highest BCUT2D eigenvalue weighted by atomic mass is 32.2. The lowest BCUT2D eigenvalue weighted by molar-refractivity contribution is -0.125. The number of anilines is 1. The van der Waals surface area contributed by atoms with Crippen molar-refractivity contribution in [2.45, 2.75) is 38.7 Å². The maximum absolute atomic E-state index is 13.0. The molecule has 1 atom stereocenters. The second kappa shape index (κ2) is 10.6. The highest BCUT2D eigenvalue weighted by Gasteiger charge is 2.29. The minimum Gasteiger partial charge on any atom is -0.444 e. The fourth-order valence-electron chi connectivity index (χ4n) is 3.40. The Morgan fingerprint density at radius 2 is 1.74 bits per heavy atom. The summed E-state index contributed by atoms with van der Waals surface area (Å²) in [5.74, 6) is -0.778. The van der Waals surface area contributed by atoms with Gasteiger partial charge in [-0.15, -0.1) is 0 Å². The number of aryl methyl sites for hydroxylation is 2. The van der Waals surface area contributed by atoms with Crippen LogP contribution in [-0.2, 0) is 19.6 Å². The van der Waals surface area contributed by atoms with Gasteiger partial charge in [-0.3, -0.25) is 4.79 Å². The summed E-state index contributed by atoms with van der Waals surface area (Å²) in [6.07, 6.45) is -1.30. The molecule has 1 amide bonds. The summed E-state index contributed by atoms with van der Waals surface area (Å²) in [4.78, 5) is 26.0. The fourth-order valence-corrected chi connectivity index (χ4v) is 5.11. The zero-order valence-corrected chi connectivity index (χ0v) is 20.3. The van der Waals surface area contributed by atoms with E-state index in [1.54, 1.807) is 64.1 Å². The van der Waals surface area contributed by atoms with Gasteiger partial charge >= 0.3 is 5.97 Å². The van der Waals surface area contributed by atoms with Crippen LogP contribution in [0.4, 0.5) is 5.82 Å². The number of nitrogens with zero attached hydrogens (tertiary/aromatic N) is 2. The van der Waals surface area contributed by atoms with Gasteiger partial charge in [0.2, 0.25) is 16.1 Å². The number of amides is 1. The Hall–Kier alpha value is -3.50. The van der Waals surface area contributed by atoms with E-state index in [1.165, 1.54) is 22.5 Å². The standard InChI is InChI=1S/C24H27N3O6S/c1-5-27(6-2)34(30,31)20-15-19(13-12-16(20)3)24(29)32-22(18-10-8-7-9-11-18)23(28)25-21-14-17(4)33-26-21/h7-15,22H,5-6H2,1-4H3,(H,25,26,28).